The zero-order valence-electron chi connectivity index (χ0n) is 35.4. The van der Waals surface area contributed by atoms with Crippen molar-refractivity contribution in [1.29, 1.82) is 0 Å². The number of anilines is 4. The highest BCUT2D eigenvalue weighted by Gasteiger charge is 2.33. The second-order valence-electron chi connectivity index (χ2n) is 16.0. The molecule has 2 saturated heterocycles. The highest BCUT2D eigenvalue weighted by molar-refractivity contribution is 6.17. The second kappa shape index (κ2) is 18.3. The Morgan fingerprint density at radius 2 is 0.610 bits per heavy atom. The third kappa shape index (κ3) is 10.4. The second-order valence-corrected chi connectivity index (χ2v) is 16.0. The normalized spacial score (nSPS) is 17.2. The summed E-state index contributed by atoms with van der Waals surface area (Å²) in [7, 11) is 15.7. The number of carbonyl (C=O) groups excluding carboxylic acids is 4. The molecule has 0 radical (unpaired) electrons. The molecule has 2 fully saturated rings. The molecule has 2 aliphatic rings. The molecule has 2 aliphatic heterocycles. The summed E-state index contributed by atoms with van der Waals surface area (Å²) in [6.07, 6.45) is 6.89. The summed E-state index contributed by atoms with van der Waals surface area (Å²) in [6.45, 7) is 0.270. The maximum absolute atomic E-state index is 14.2. The summed E-state index contributed by atoms with van der Waals surface area (Å²) in [5.41, 5.74) is 9.31. The summed E-state index contributed by atoms with van der Waals surface area (Å²) in [5.74, 6) is -1.05. The van der Waals surface area contributed by atoms with E-state index >= 15 is 0 Å². The van der Waals surface area contributed by atoms with Crippen molar-refractivity contribution >= 4 is 70.4 Å². The Kier molecular flexibility index (Phi) is 13.0. The summed E-state index contributed by atoms with van der Waals surface area (Å²) in [4.78, 5) is 67.6. The van der Waals surface area contributed by atoms with Gasteiger partial charge in [0.2, 0.25) is 11.8 Å². The first-order valence-corrected chi connectivity index (χ1v) is 19.7. The average Bonchev–Trinajstić information content (AvgIpc) is 3.21. The molecule has 0 aliphatic carbocycles. The number of likely N-dealkylation sites (tertiary alicyclic amines) is 2. The molecule has 2 amide bonds. The van der Waals surface area contributed by atoms with Crippen LogP contribution < -0.4 is 19.6 Å². The molecule has 0 spiro atoms. The summed E-state index contributed by atoms with van der Waals surface area (Å²) < 4.78 is 0. The Hall–Kier alpha value is -6.68. The number of carbonyl (C=O) groups is 4. The molecule has 0 aromatic heterocycles. The first-order valence-electron chi connectivity index (χ1n) is 19.7. The van der Waals surface area contributed by atoms with Gasteiger partial charge in [0.1, 0.15) is 6.42 Å². The van der Waals surface area contributed by atoms with Crippen LogP contribution in [0, 0.1) is 0 Å². The molecule has 6 rings (SSSR count). The van der Waals surface area contributed by atoms with Crippen LogP contribution in [0.5, 0.6) is 0 Å². The SMILES string of the molecule is CN(C)c1ccc(/C=C2/CN(C(=O)CC(=O)N3C/C(=C\c4ccc(N(C)C)cc4)C(=O)/C(=C/c4ccc(N(C)C)cc4)C3)C/C(=C\c3ccc(N(C)C)cc3)C2=O)cc1. The van der Waals surface area contributed by atoms with Gasteiger partial charge in [0.15, 0.2) is 11.6 Å². The monoisotopic (exact) mass is 790 g/mol. The molecular weight excluding hydrogens is 737 g/mol. The fourth-order valence-electron chi connectivity index (χ4n) is 7.06. The third-order valence-electron chi connectivity index (χ3n) is 10.6. The van der Waals surface area contributed by atoms with Crippen LogP contribution >= 0.6 is 0 Å². The first kappa shape index (κ1) is 41.9. The van der Waals surface area contributed by atoms with Gasteiger partial charge >= 0.3 is 0 Å². The molecule has 304 valence electrons. The lowest BCUT2D eigenvalue weighted by atomic mass is 9.93. The van der Waals surface area contributed by atoms with Crippen LogP contribution in [-0.4, -0.2) is 116 Å². The maximum atomic E-state index is 14.2. The Morgan fingerprint density at radius 3 is 0.797 bits per heavy atom. The van der Waals surface area contributed by atoms with Gasteiger partial charge in [-0.25, -0.2) is 0 Å². The topological polar surface area (TPSA) is 87.7 Å². The number of Topliss-reactive ketones (excluding diaryl/α,β-unsaturated/α-hetero) is 2. The molecule has 2 heterocycles. The smallest absolute Gasteiger partial charge is 0.232 e. The van der Waals surface area contributed by atoms with E-state index in [9.17, 15) is 19.2 Å². The predicted molar refractivity (Wildman–Crippen MR) is 243 cm³/mol. The zero-order chi connectivity index (χ0) is 42.4. The van der Waals surface area contributed by atoms with E-state index in [0.29, 0.717) is 22.3 Å². The summed E-state index contributed by atoms with van der Waals surface area (Å²) in [5, 5.41) is 0. The van der Waals surface area contributed by atoms with E-state index in [-0.39, 0.29) is 37.7 Å². The minimum atomic E-state index is -0.409. The molecule has 0 saturated carbocycles. The van der Waals surface area contributed by atoms with Crippen LogP contribution in [0.15, 0.2) is 119 Å². The van der Waals surface area contributed by atoms with Gasteiger partial charge in [0, 0.05) is 128 Å². The van der Waals surface area contributed by atoms with Gasteiger partial charge < -0.3 is 29.4 Å². The number of ketones is 2. The highest BCUT2D eigenvalue weighted by atomic mass is 16.2. The van der Waals surface area contributed by atoms with Crippen molar-refractivity contribution in [3.05, 3.63) is 142 Å². The minimum absolute atomic E-state index is 0.0674. The van der Waals surface area contributed by atoms with E-state index in [2.05, 4.69) is 0 Å². The van der Waals surface area contributed by atoms with Crippen LogP contribution in [0.1, 0.15) is 28.7 Å². The van der Waals surface area contributed by atoms with Crippen molar-refractivity contribution in [2.24, 2.45) is 0 Å². The van der Waals surface area contributed by atoms with Crippen molar-refractivity contribution in [2.45, 2.75) is 6.42 Å². The first-order chi connectivity index (χ1) is 28.1. The molecule has 0 N–H and O–H groups in total. The lowest BCUT2D eigenvalue weighted by Gasteiger charge is -2.32. The van der Waals surface area contributed by atoms with E-state index in [1.54, 1.807) is 9.80 Å². The number of hydrogen-bond acceptors (Lipinski definition) is 8. The molecule has 4 aromatic rings. The largest absolute Gasteiger partial charge is 0.378 e. The van der Waals surface area contributed by atoms with Gasteiger partial charge in [-0.3, -0.25) is 19.2 Å². The zero-order valence-corrected chi connectivity index (χ0v) is 35.4. The lowest BCUT2D eigenvalue weighted by molar-refractivity contribution is -0.140. The number of amides is 2. The summed E-state index contributed by atoms with van der Waals surface area (Å²) >= 11 is 0. The van der Waals surface area contributed by atoms with Crippen molar-refractivity contribution in [3.8, 4) is 0 Å². The molecule has 10 nitrogen and oxygen atoms in total. The molecule has 0 atom stereocenters. The van der Waals surface area contributed by atoms with E-state index < -0.39 is 18.2 Å². The Labute approximate surface area is 348 Å². The van der Waals surface area contributed by atoms with Gasteiger partial charge in [0.05, 0.1) is 0 Å². The fraction of sp³-hybridized carbons (Fsp3) is 0.265. The fourth-order valence-corrected chi connectivity index (χ4v) is 7.06. The third-order valence-corrected chi connectivity index (χ3v) is 10.6. The van der Waals surface area contributed by atoms with E-state index in [1.165, 1.54) is 0 Å². The number of nitrogens with zero attached hydrogens (tertiary/aromatic N) is 6. The van der Waals surface area contributed by atoms with Crippen molar-refractivity contribution in [3.63, 3.8) is 0 Å². The van der Waals surface area contributed by atoms with Crippen molar-refractivity contribution in [2.75, 3.05) is 102 Å². The molecular formula is C49H54N6O4. The van der Waals surface area contributed by atoms with Gasteiger partial charge in [-0.1, -0.05) is 48.5 Å². The minimum Gasteiger partial charge on any atom is -0.378 e. The number of benzene rings is 4. The van der Waals surface area contributed by atoms with Crippen LogP contribution in [-0.2, 0) is 19.2 Å². The molecule has 4 aromatic carbocycles. The van der Waals surface area contributed by atoms with Crippen molar-refractivity contribution in [1.82, 2.24) is 9.80 Å². The average molecular weight is 791 g/mol. The van der Waals surface area contributed by atoms with Crippen LogP contribution in [0.2, 0.25) is 0 Å². The van der Waals surface area contributed by atoms with Crippen molar-refractivity contribution < 1.29 is 19.2 Å². The molecule has 0 bridgehead atoms. The quantitative estimate of drug-likeness (QED) is 0.128. The Balaban J connectivity index is 1.29. The predicted octanol–water partition coefficient (Wildman–Crippen LogP) is 6.80. The van der Waals surface area contributed by atoms with E-state index in [0.717, 1.165) is 45.0 Å². The van der Waals surface area contributed by atoms with Crippen LogP contribution in [0.25, 0.3) is 24.3 Å². The molecule has 0 unspecified atom stereocenters. The standard InChI is InChI=1S/C49H54N6O4/c1-50(2)42-17-9-34(10-18-42)25-38-30-54(31-39(48(38)58)26-35-11-19-43(20-12-35)51(3)4)46(56)29-47(57)55-32-40(27-36-13-21-44(22-14-36)52(5)6)49(59)41(33-55)28-37-15-23-45(24-16-37)53(7)8/h9-28H,29-33H2,1-8H3/b38-25-,39-26+,40-27+,41-28+. The Bertz CT molecular complexity index is 2000. The van der Waals surface area contributed by atoms with E-state index in [1.807, 2.05) is 197 Å². The summed E-state index contributed by atoms with van der Waals surface area (Å²) in [6, 6.07) is 31.5. The van der Waals surface area contributed by atoms with Crippen LogP contribution in [0.4, 0.5) is 22.7 Å². The number of hydrogen-bond donors (Lipinski definition) is 0. The highest BCUT2D eigenvalue weighted by Crippen LogP contribution is 2.27. The number of piperidine rings is 2. The maximum Gasteiger partial charge on any atom is 0.232 e. The Morgan fingerprint density at radius 1 is 0.407 bits per heavy atom. The molecule has 59 heavy (non-hydrogen) atoms. The lowest BCUT2D eigenvalue weighted by Crippen LogP contribution is -2.46. The number of rotatable bonds is 10. The van der Waals surface area contributed by atoms with Crippen LogP contribution in [0.3, 0.4) is 0 Å². The van der Waals surface area contributed by atoms with Gasteiger partial charge in [-0.15, -0.1) is 0 Å². The van der Waals surface area contributed by atoms with Gasteiger partial charge in [-0.05, 0) is 95.1 Å². The van der Waals surface area contributed by atoms with Gasteiger partial charge in [0.25, 0.3) is 0 Å². The molecule has 10 heteroatoms. The van der Waals surface area contributed by atoms with Gasteiger partial charge in [-0.2, -0.15) is 0 Å². The van der Waals surface area contributed by atoms with E-state index in [4.69, 9.17) is 0 Å².